The summed E-state index contributed by atoms with van der Waals surface area (Å²) in [7, 11) is 0. The molecule has 1 nitrogen and oxygen atoms in total. The molecule has 0 saturated heterocycles. The van der Waals surface area contributed by atoms with E-state index in [1.165, 1.54) is 108 Å². The van der Waals surface area contributed by atoms with Crippen LogP contribution in [0, 0.1) is 0 Å². The summed E-state index contributed by atoms with van der Waals surface area (Å²) >= 11 is 1.94. The third kappa shape index (κ3) is 5.62. The van der Waals surface area contributed by atoms with Crippen LogP contribution in [0.5, 0.6) is 0 Å². The summed E-state index contributed by atoms with van der Waals surface area (Å²) in [5.74, 6) is 0. The van der Waals surface area contributed by atoms with Gasteiger partial charge in [-0.05, 0) is 143 Å². The van der Waals surface area contributed by atoms with Crippen molar-refractivity contribution in [3.8, 4) is 33.4 Å². The summed E-state index contributed by atoms with van der Waals surface area (Å²) in [6.45, 7) is 4.77. The number of hydrogen-bond donors (Lipinski definition) is 0. The molecule has 0 unspecified atom stereocenters. The van der Waals surface area contributed by atoms with Crippen molar-refractivity contribution in [2.45, 2.75) is 24.7 Å². The van der Waals surface area contributed by atoms with Crippen LogP contribution in [0.25, 0.3) is 75.1 Å². The number of nitrogens with zero attached hydrogens (tertiary/aromatic N) is 1. The van der Waals surface area contributed by atoms with Gasteiger partial charge in [0.25, 0.3) is 0 Å². The summed E-state index contributed by atoms with van der Waals surface area (Å²) in [5, 5.41) is 7.57. The smallest absolute Gasteiger partial charge is 0.0728 e. The van der Waals surface area contributed by atoms with Gasteiger partial charge in [0.2, 0.25) is 0 Å². The maximum absolute atomic E-state index is 2.55. The molecule has 2 aliphatic rings. The summed E-state index contributed by atoms with van der Waals surface area (Å²) < 4.78 is 2.61. The first-order valence-corrected chi connectivity index (χ1v) is 24.5. The molecule has 0 saturated carbocycles. The largest absolute Gasteiger partial charge is 0.310 e. The fraction of sp³-hybridized carbons (Fsp3) is 0.0606. The molecular formula is C66H45NS. The Hall–Kier alpha value is -8.04. The Balaban J connectivity index is 1.08. The average molecular weight is 884 g/mol. The molecule has 0 spiro atoms. The number of thiophene rings is 1. The van der Waals surface area contributed by atoms with Gasteiger partial charge in [-0.15, -0.1) is 11.3 Å². The highest BCUT2D eigenvalue weighted by Gasteiger charge is 2.47. The van der Waals surface area contributed by atoms with Gasteiger partial charge < -0.3 is 4.90 Å². The molecule has 0 aliphatic heterocycles. The third-order valence-electron chi connectivity index (χ3n) is 15.3. The van der Waals surface area contributed by atoms with Crippen LogP contribution in [0.2, 0.25) is 0 Å². The number of benzene rings is 11. The van der Waals surface area contributed by atoms with E-state index in [9.17, 15) is 0 Å². The zero-order valence-corrected chi connectivity index (χ0v) is 38.7. The van der Waals surface area contributed by atoms with E-state index in [1.807, 2.05) is 11.3 Å². The SMILES string of the molecule is CC1(C)c2ccccc2-c2ccc(N(c3ccc(-c4ccc5ccccc5c4)cc3)c3cc(C4(c5ccccc5)c5ccccc5-c5ccccc54)c4sc5cc6ccccc6cc5c4c3)cc21. The van der Waals surface area contributed by atoms with Crippen molar-refractivity contribution >= 4 is 70.1 Å². The van der Waals surface area contributed by atoms with Crippen LogP contribution < -0.4 is 4.90 Å². The molecule has 11 aromatic carbocycles. The first-order chi connectivity index (χ1) is 33.4. The van der Waals surface area contributed by atoms with E-state index < -0.39 is 5.41 Å². The molecule has 0 amide bonds. The maximum atomic E-state index is 2.55. The quantitative estimate of drug-likeness (QED) is 0.161. The van der Waals surface area contributed by atoms with Gasteiger partial charge in [0.1, 0.15) is 0 Å². The number of rotatable bonds is 6. The molecule has 0 atom stereocenters. The Kier molecular flexibility index (Phi) is 8.48. The van der Waals surface area contributed by atoms with E-state index in [1.54, 1.807) is 0 Å². The Morgan fingerprint density at radius 2 is 0.868 bits per heavy atom. The van der Waals surface area contributed by atoms with Crippen molar-refractivity contribution in [2.75, 3.05) is 4.90 Å². The van der Waals surface area contributed by atoms with Crippen LogP contribution in [-0.4, -0.2) is 0 Å². The highest BCUT2D eigenvalue weighted by molar-refractivity contribution is 7.26. The van der Waals surface area contributed by atoms with E-state index in [-0.39, 0.29) is 5.41 Å². The van der Waals surface area contributed by atoms with E-state index in [0.29, 0.717) is 0 Å². The first-order valence-electron chi connectivity index (χ1n) is 23.7. The van der Waals surface area contributed by atoms with Crippen molar-refractivity contribution in [3.05, 3.63) is 270 Å². The molecule has 0 N–H and O–H groups in total. The highest BCUT2D eigenvalue weighted by Crippen LogP contribution is 2.60. The van der Waals surface area contributed by atoms with Gasteiger partial charge in [-0.25, -0.2) is 0 Å². The lowest BCUT2D eigenvalue weighted by atomic mass is 9.67. The Labute approximate surface area is 400 Å². The minimum atomic E-state index is -0.601. The second-order valence-electron chi connectivity index (χ2n) is 19.2. The molecule has 68 heavy (non-hydrogen) atoms. The molecule has 0 radical (unpaired) electrons. The number of hydrogen-bond acceptors (Lipinski definition) is 2. The average Bonchev–Trinajstić information content (AvgIpc) is 3.99. The minimum Gasteiger partial charge on any atom is -0.310 e. The van der Waals surface area contributed by atoms with E-state index in [2.05, 4.69) is 255 Å². The van der Waals surface area contributed by atoms with Gasteiger partial charge >= 0.3 is 0 Å². The molecule has 0 bridgehead atoms. The Morgan fingerprint density at radius 3 is 1.57 bits per heavy atom. The molecule has 1 aromatic heterocycles. The van der Waals surface area contributed by atoms with Crippen molar-refractivity contribution in [1.82, 2.24) is 0 Å². The van der Waals surface area contributed by atoms with Gasteiger partial charge in [-0.1, -0.05) is 196 Å². The zero-order valence-electron chi connectivity index (χ0n) is 37.9. The van der Waals surface area contributed by atoms with Gasteiger partial charge in [0.15, 0.2) is 0 Å². The molecule has 0 fully saturated rings. The molecule has 14 rings (SSSR count). The lowest BCUT2D eigenvalue weighted by Crippen LogP contribution is -2.29. The van der Waals surface area contributed by atoms with E-state index in [0.717, 1.165) is 17.1 Å². The van der Waals surface area contributed by atoms with Crippen LogP contribution in [0.15, 0.2) is 237 Å². The van der Waals surface area contributed by atoms with Crippen molar-refractivity contribution < 1.29 is 0 Å². The normalized spacial score (nSPS) is 14.0. The van der Waals surface area contributed by atoms with Crippen LogP contribution in [0.1, 0.15) is 47.2 Å². The summed E-state index contributed by atoms with van der Waals surface area (Å²) in [4.78, 5) is 2.53. The summed E-state index contributed by atoms with van der Waals surface area (Å²) in [6.07, 6.45) is 0. The van der Waals surface area contributed by atoms with Crippen LogP contribution in [0.4, 0.5) is 17.1 Å². The van der Waals surface area contributed by atoms with Gasteiger partial charge in [0, 0.05) is 42.6 Å². The predicted octanol–water partition coefficient (Wildman–Crippen LogP) is 18.2. The fourth-order valence-corrected chi connectivity index (χ4v) is 13.4. The van der Waals surface area contributed by atoms with Crippen molar-refractivity contribution in [3.63, 3.8) is 0 Å². The number of fused-ring (bicyclic) bond motifs is 11. The minimum absolute atomic E-state index is 0.165. The van der Waals surface area contributed by atoms with Crippen LogP contribution in [0.3, 0.4) is 0 Å². The maximum Gasteiger partial charge on any atom is 0.0728 e. The van der Waals surface area contributed by atoms with Crippen molar-refractivity contribution in [1.29, 1.82) is 0 Å². The second kappa shape index (κ2) is 14.7. The zero-order chi connectivity index (χ0) is 45.1. The topological polar surface area (TPSA) is 3.24 Å². The molecular weight excluding hydrogens is 839 g/mol. The molecule has 320 valence electrons. The van der Waals surface area contributed by atoms with Crippen LogP contribution >= 0.6 is 11.3 Å². The van der Waals surface area contributed by atoms with Crippen molar-refractivity contribution in [2.24, 2.45) is 0 Å². The summed E-state index contributed by atoms with van der Waals surface area (Å²) in [6, 6.07) is 89.1. The van der Waals surface area contributed by atoms with E-state index >= 15 is 0 Å². The summed E-state index contributed by atoms with van der Waals surface area (Å²) in [5.41, 5.74) is 18.2. The highest BCUT2D eigenvalue weighted by atomic mass is 32.1. The second-order valence-corrected chi connectivity index (χ2v) is 20.3. The molecule has 2 heteroatoms. The Bertz CT molecular complexity index is 3960. The molecule has 12 aromatic rings. The lowest BCUT2D eigenvalue weighted by Gasteiger charge is -2.36. The predicted molar refractivity (Wildman–Crippen MR) is 289 cm³/mol. The third-order valence-corrected chi connectivity index (χ3v) is 16.5. The molecule has 1 heterocycles. The molecule has 2 aliphatic carbocycles. The van der Waals surface area contributed by atoms with Gasteiger partial charge in [-0.2, -0.15) is 0 Å². The fourth-order valence-electron chi connectivity index (χ4n) is 12.1. The monoisotopic (exact) mass is 883 g/mol. The lowest BCUT2D eigenvalue weighted by molar-refractivity contribution is 0.660. The van der Waals surface area contributed by atoms with E-state index in [4.69, 9.17) is 0 Å². The standard InChI is InChI=1S/C66H45NS/c1-65(2)58-25-13-10-22-52(58)55-35-34-50(40-61(55)65)67(49-32-30-43(31-33-49)47-29-28-42-16-6-7-17-44(42)36-47)51-39-57-56-37-45-18-8-9-19-46(45)38-63(56)68-64(57)62(41-51)66(48-20-4-3-5-21-48)59-26-14-11-23-53(59)54-24-12-15-27-60(54)66/h3-41H,1-2H3. The number of anilines is 3. The van der Waals surface area contributed by atoms with Crippen LogP contribution in [-0.2, 0) is 10.8 Å². The van der Waals surface area contributed by atoms with Gasteiger partial charge in [-0.3, -0.25) is 0 Å². The Morgan fingerprint density at radius 1 is 0.338 bits per heavy atom. The van der Waals surface area contributed by atoms with Gasteiger partial charge in [0.05, 0.1) is 5.41 Å². The first kappa shape index (κ1) is 39.2.